The number of nitrogen functional groups attached to an aromatic ring is 1. The van der Waals surface area contributed by atoms with E-state index in [9.17, 15) is 19.2 Å². The Bertz CT molecular complexity index is 1010. The minimum absolute atomic E-state index is 0.0350. The lowest BCUT2D eigenvalue weighted by Crippen LogP contribution is -2.70. The van der Waals surface area contributed by atoms with Gasteiger partial charge in [-0.1, -0.05) is 5.16 Å². The summed E-state index contributed by atoms with van der Waals surface area (Å²) in [6.07, 6.45) is -1.58. The number of rotatable bonds is 9. The number of thiazole rings is 1. The molecule has 172 valence electrons. The van der Waals surface area contributed by atoms with Crippen molar-refractivity contribution in [3.8, 4) is 0 Å². The third kappa shape index (κ3) is 5.08. The van der Waals surface area contributed by atoms with Gasteiger partial charge in [0.05, 0.1) is 5.75 Å². The summed E-state index contributed by atoms with van der Waals surface area (Å²) < 4.78 is 4.86. The Morgan fingerprint density at radius 2 is 2.22 bits per heavy atom. The third-order valence-corrected chi connectivity index (χ3v) is 7.20. The van der Waals surface area contributed by atoms with Gasteiger partial charge in [-0.05, 0) is 0 Å². The number of ether oxygens (including phenoxy) is 1. The number of nitrogens with zero attached hydrogens (tertiary/aromatic N) is 3. The summed E-state index contributed by atoms with van der Waals surface area (Å²) >= 11 is 3.60. The number of nitrogens with two attached hydrogens (primary N) is 2. The molecule has 2 aliphatic rings. The molecule has 0 saturated carbocycles. The lowest BCUT2D eigenvalue weighted by atomic mass is 10.1. The molecule has 1 aromatic heterocycles. The van der Waals surface area contributed by atoms with Crippen molar-refractivity contribution in [1.82, 2.24) is 15.2 Å². The Kier molecular flexibility index (Phi) is 7.47. The van der Waals surface area contributed by atoms with E-state index < -0.39 is 35.3 Å². The van der Waals surface area contributed by atoms with Crippen molar-refractivity contribution in [2.24, 2.45) is 10.9 Å². The van der Waals surface area contributed by atoms with E-state index in [-0.39, 0.29) is 33.9 Å². The summed E-state index contributed by atoms with van der Waals surface area (Å²) in [5, 5.41) is 16.5. The molecular weight excluding hydrogens is 484 g/mol. The van der Waals surface area contributed by atoms with Crippen molar-refractivity contribution in [2.75, 3.05) is 30.1 Å². The topological polar surface area (TPSA) is 200 Å². The molecule has 0 aromatic carbocycles. The van der Waals surface area contributed by atoms with Crippen LogP contribution in [0.5, 0.6) is 0 Å². The molecule has 13 nitrogen and oxygen atoms in total. The molecule has 3 amide bonds. The van der Waals surface area contributed by atoms with Crippen molar-refractivity contribution in [3.63, 3.8) is 0 Å². The van der Waals surface area contributed by atoms with Crippen LogP contribution in [0.1, 0.15) is 5.69 Å². The molecule has 1 aromatic rings. The van der Waals surface area contributed by atoms with E-state index in [1.165, 1.54) is 40.9 Å². The Hall–Kier alpha value is -2.98. The highest BCUT2D eigenvalue weighted by molar-refractivity contribution is 8.01. The summed E-state index contributed by atoms with van der Waals surface area (Å²) in [6, 6.07) is -0.947. The number of primary amides is 1. The van der Waals surface area contributed by atoms with Crippen molar-refractivity contribution < 1.29 is 33.9 Å². The highest BCUT2D eigenvalue weighted by Gasteiger charge is 2.54. The second-order valence-corrected chi connectivity index (χ2v) is 9.27. The fourth-order valence-corrected chi connectivity index (χ4v) is 5.66. The van der Waals surface area contributed by atoms with Crippen LogP contribution in [0.3, 0.4) is 0 Å². The Balaban J connectivity index is 1.75. The van der Waals surface area contributed by atoms with E-state index >= 15 is 0 Å². The molecule has 1 saturated heterocycles. The standard InChI is InChI=1S/C16H18N6O7S3/c1-28-21-9(7-4-32-15(18)19-7)11(24)20-10-12(25)22-13(29-16(26)27)6(3-31-14(10)22)2-30-5-8(17)23/h4,10,14H,2-3,5H2,1H3,(H2,17,23)(H2,18,19)(H,20,24)(H,26,27)/b21-9-/t10-,14+/m1/s1. The van der Waals surface area contributed by atoms with Crippen LogP contribution >= 0.6 is 34.9 Å². The number of carboxylic acid groups (broad SMARTS) is 1. The zero-order valence-electron chi connectivity index (χ0n) is 16.5. The Morgan fingerprint density at radius 1 is 1.47 bits per heavy atom. The lowest BCUT2D eigenvalue weighted by molar-refractivity contribution is -0.148. The number of nitrogens with one attached hydrogen (secondary N) is 1. The van der Waals surface area contributed by atoms with E-state index in [0.29, 0.717) is 11.3 Å². The van der Waals surface area contributed by atoms with Crippen LogP contribution in [-0.2, 0) is 24.0 Å². The van der Waals surface area contributed by atoms with Gasteiger partial charge in [0.1, 0.15) is 24.2 Å². The second-order valence-electron chi connectivity index (χ2n) is 6.29. The van der Waals surface area contributed by atoms with E-state index in [0.717, 1.165) is 11.3 Å². The van der Waals surface area contributed by atoms with Crippen molar-refractivity contribution in [2.45, 2.75) is 11.4 Å². The summed E-state index contributed by atoms with van der Waals surface area (Å²) in [4.78, 5) is 57.5. The quantitative estimate of drug-likeness (QED) is 0.148. The number of hydrogen-bond acceptors (Lipinski definition) is 12. The van der Waals surface area contributed by atoms with Gasteiger partial charge in [-0.15, -0.1) is 34.9 Å². The van der Waals surface area contributed by atoms with Gasteiger partial charge < -0.3 is 31.5 Å². The van der Waals surface area contributed by atoms with Crippen LogP contribution in [0.4, 0.5) is 9.93 Å². The maximum absolute atomic E-state index is 12.8. The molecule has 2 aliphatic heterocycles. The van der Waals surface area contributed by atoms with Gasteiger partial charge in [0.25, 0.3) is 11.8 Å². The molecule has 3 heterocycles. The van der Waals surface area contributed by atoms with Crippen LogP contribution < -0.4 is 16.8 Å². The minimum Gasteiger partial charge on any atom is -0.449 e. The predicted molar refractivity (Wildman–Crippen MR) is 118 cm³/mol. The molecule has 0 bridgehead atoms. The first-order valence-electron chi connectivity index (χ1n) is 8.79. The summed E-state index contributed by atoms with van der Waals surface area (Å²) in [5.41, 5.74) is 11.3. The lowest BCUT2D eigenvalue weighted by Gasteiger charge is -2.49. The second kappa shape index (κ2) is 10.1. The van der Waals surface area contributed by atoms with Crippen LogP contribution in [-0.4, -0.2) is 80.4 Å². The molecule has 3 rings (SSSR count). The van der Waals surface area contributed by atoms with E-state index in [2.05, 4.69) is 15.5 Å². The number of amides is 3. The van der Waals surface area contributed by atoms with Gasteiger partial charge in [0.2, 0.25) is 11.8 Å². The van der Waals surface area contributed by atoms with Crippen LogP contribution in [0.15, 0.2) is 22.0 Å². The molecule has 1 fully saturated rings. The van der Waals surface area contributed by atoms with E-state index in [4.69, 9.17) is 26.1 Å². The maximum Gasteiger partial charge on any atom is 0.512 e. The van der Waals surface area contributed by atoms with Crippen LogP contribution in [0.25, 0.3) is 0 Å². The summed E-state index contributed by atoms with van der Waals surface area (Å²) in [7, 11) is 1.26. The van der Waals surface area contributed by atoms with E-state index in [1.807, 2.05) is 0 Å². The number of hydrogen-bond donors (Lipinski definition) is 4. The SMILES string of the molecule is CO/N=C(\C(=O)N[C@@H]1C(=O)N2C(OC(=O)O)=C(CSCC(N)=O)CS[C@@H]12)c1csc(N)n1. The normalized spacial score (nSPS) is 20.3. The van der Waals surface area contributed by atoms with Gasteiger partial charge >= 0.3 is 6.16 Å². The fourth-order valence-electron chi connectivity index (χ4n) is 2.89. The number of fused-ring (bicyclic) bond motifs is 1. The number of carbonyl (C=O) groups is 4. The molecule has 6 N–H and O–H groups in total. The number of thioether (sulfide) groups is 2. The van der Waals surface area contributed by atoms with Crippen LogP contribution in [0.2, 0.25) is 0 Å². The van der Waals surface area contributed by atoms with Gasteiger partial charge in [-0.2, -0.15) is 0 Å². The largest absolute Gasteiger partial charge is 0.512 e. The monoisotopic (exact) mass is 502 g/mol. The first-order valence-corrected chi connectivity index (χ1v) is 11.9. The number of oxime groups is 1. The number of carbonyl (C=O) groups excluding carboxylic acids is 3. The minimum atomic E-state index is -1.58. The molecule has 2 atom stereocenters. The Labute approximate surface area is 193 Å². The van der Waals surface area contributed by atoms with Crippen molar-refractivity contribution in [1.29, 1.82) is 0 Å². The van der Waals surface area contributed by atoms with Crippen molar-refractivity contribution >= 4 is 69.6 Å². The Morgan fingerprint density at radius 3 is 2.81 bits per heavy atom. The summed E-state index contributed by atoms with van der Waals surface area (Å²) in [6.45, 7) is 0. The number of aromatic nitrogens is 1. The maximum atomic E-state index is 12.8. The molecule has 32 heavy (non-hydrogen) atoms. The van der Waals surface area contributed by atoms with Gasteiger partial charge in [-0.3, -0.25) is 19.3 Å². The number of β-lactam (4-membered cyclic amide) rings is 1. The fraction of sp³-hybridized carbons (Fsp3) is 0.375. The zero-order chi connectivity index (χ0) is 23.4. The molecule has 0 unspecified atom stereocenters. The van der Waals surface area contributed by atoms with Gasteiger partial charge in [0.15, 0.2) is 10.8 Å². The average Bonchev–Trinajstić information content (AvgIpc) is 3.15. The van der Waals surface area contributed by atoms with Gasteiger partial charge in [-0.25, -0.2) is 9.78 Å². The van der Waals surface area contributed by atoms with Crippen molar-refractivity contribution in [3.05, 3.63) is 22.5 Å². The average molecular weight is 503 g/mol. The zero-order valence-corrected chi connectivity index (χ0v) is 18.9. The molecule has 16 heteroatoms. The summed E-state index contributed by atoms with van der Waals surface area (Å²) in [5.74, 6) is -1.28. The first kappa shape index (κ1) is 23.7. The predicted octanol–water partition coefficient (Wildman–Crippen LogP) is -0.400. The number of anilines is 1. The third-order valence-electron chi connectivity index (χ3n) is 4.15. The molecular formula is C16H18N6O7S3. The van der Waals surface area contributed by atoms with E-state index in [1.54, 1.807) is 0 Å². The molecule has 0 spiro atoms. The van der Waals surface area contributed by atoms with Crippen LogP contribution in [0, 0.1) is 0 Å². The smallest absolute Gasteiger partial charge is 0.449 e. The molecule has 0 radical (unpaired) electrons. The first-order chi connectivity index (χ1) is 15.2. The molecule has 0 aliphatic carbocycles. The highest BCUT2D eigenvalue weighted by atomic mass is 32.2. The highest BCUT2D eigenvalue weighted by Crippen LogP contribution is 2.41. The van der Waals surface area contributed by atoms with Gasteiger partial charge in [0, 0.05) is 22.5 Å².